The summed E-state index contributed by atoms with van der Waals surface area (Å²) in [5.74, 6) is -0.708. The predicted molar refractivity (Wildman–Crippen MR) is 95.3 cm³/mol. The van der Waals surface area contributed by atoms with Crippen molar-refractivity contribution in [2.24, 2.45) is 0 Å². The molecule has 2 aromatic rings. The number of halogens is 2. The highest BCUT2D eigenvalue weighted by Crippen LogP contribution is 2.23. The highest BCUT2D eigenvalue weighted by molar-refractivity contribution is 9.10. The zero-order valence-corrected chi connectivity index (χ0v) is 15.1. The number of para-hydroxylation sites is 1. The largest absolute Gasteiger partial charge is 0.480 e. The van der Waals surface area contributed by atoms with Crippen LogP contribution in [0.3, 0.4) is 0 Å². The van der Waals surface area contributed by atoms with Gasteiger partial charge in [0.25, 0.3) is 5.91 Å². The number of nitrogens with one attached hydrogen (secondary N) is 1. The summed E-state index contributed by atoms with van der Waals surface area (Å²) in [6, 6.07) is 13.8. The van der Waals surface area contributed by atoms with Gasteiger partial charge in [-0.05, 0) is 43.3 Å². The molecule has 1 N–H and O–H groups in total. The molecule has 0 saturated heterocycles. The van der Waals surface area contributed by atoms with Crippen LogP contribution in [0.1, 0.15) is 6.92 Å². The quantitative estimate of drug-likeness (QED) is 0.727. The Bertz CT molecular complexity index is 721. The van der Waals surface area contributed by atoms with Gasteiger partial charge in [0.2, 0.25) is 0 Å². The number of carbonyl (C=O) groups excluding carboxylic acids is 2. The van der Waals surface area contributed by atoms with Crippen molar-refractivity contribution < 1.29 is 19.1 Å². The van der Waals surface area contributed by atoms with Crippen molar-refractivity contribution in [3.8, 4) is 5.75 Å². The molecule has 1 amide bonds. The van der Waals surface area contributed by atoms with E-state index >= 15 is 0 Å². The van der Waals surface area contributed by atoms with Crippen molar-refractivity contribution in [3.05, 3.63) is 58.0 Å². The summed E-state index contributed by atoms with van der Waals surface area (Å²) in [4.78, 5) is 23.8. The number of carbonyl (C=O) groups is 2. The van der Waals surface area contributed by atoms with E-state index in [1.165, 1.54) is 6.92 Å². The van der Waals surface area contributed by atoms with Crippen molar-refractivity contribution in [1.82, 2.24) is 0 Å². The fraction of sp³-hybridized carbons (Fsp3) is 0.176. The second-order valence-electron chi connectivity index (χ2n) is 4.85. The van der Waals surface area contributed by atoms with Crippen molar-refractivity contribution in [2.45, 2.75) is 13.0 Å². The van der Waals surface area contributed by atoms with Gasteiger partial charge in [0.15, 0.2) is 12.7 Å². The molecule has 0 unspecified atom stereocenters. The molecule has 0 radical (unpaired) electrons. The molecule has 2 rings (SSSR count). The van der Waals surface area contributed by atoms with Crippen LogP contribution in [0.4, 0.5) is 5.69 Å². The summed E-state index contributed by atoms with van der Waals surface area (Å²) >= 11 is 9.23. The number of anilines is 1. The van der Waals surface area contributed by atoms with Crippen molar-refractivity contribution in [3.63, 3.8) is 0 Å². The van der Waals surface area contributed by atoms with E-state index in [1.807, 2.05) is 0 Å². The fourth-order valence-electron chi connectivity index (χ4n) is 1.76. The van der Waals surface area contributed by atoms with Crippen LogP contribution in [0.5, 0.6) is 5.75 Å². The Hall–Kier alpha value is -2.05. The van der Waals surface area contributed by atoms with Crippen LogP contribution in [0.2, 0.25) is 5.02 Å². The molecule has 0 saturated carbocycles. The zero-order chi connectivity index (χ0) is 17.5. The first kappa shape index (κ1) is 18.3. The third-order valence-electron chi connectivity index (χ3n) is 2.97. The highest BCUT2D eigenvalue weighted by Gasteiger charge is 2.18. The van der Waals surface area contributed by atoms with E-state index in [9.17, 15) is 9.59 Å². The lowest BCUT2D eigenvalue weighted by Crippen LogP contribution is -2.31. The first-order valence-electron chi connectivity index (χ1n) is 7.09. The van der Waals surface area contributed by atoms with Gasteiger partial charge in [-0.25, -0.2) is 4.79 Å². The monoisotopic (exact) mass is 411 g/mol. The van der Waals surface area contributed by atoms with Gasteiger partial charge in [-0.15, -0.1) is 0 Å². The first-order valence-corrected chi connectivity index (χ1v) is 8.26. The number of esters is 1. The van der Waals surface area contributed by atoms with E-state index in [2.05, 4.69) is 21.2 Å². The number of rotatable bonds is 6. The van der Waals surface area contributed by atoms with Crippen molar-refractivity contribution >= 4 is 45.1 Å². The number of hydrogen-bond donors (Lipinski definition) is 1. The molecule has 0 aromatic heterocycles. The van der Waals surface area contributed by atoms with Gasteiger partial charge in [0, 0.05) is 10.2 Å². The molecule has 7 heteroatoms. The van der Waals surface area contributed by atoms with Crippen molar-refractivity contribution in [1.29, 1.82) is 0 Å². The van der Waals surface area contributed by atoms with Gasteiger partial charge < -0.3 is 14.8 Å². The summed E-state index contributed by atoms with van der Waals surface area (Å²) in [5.41, 5.74) is 0.610. The molecule has 2 aromatic carbocycles. The Kier molecular flexibility index (Phi) is 6.63. The molecule has 0 aliphatic rings. The molecular formula is C17H15BrClNO4. The van der Waals surface area contributed by atoms with Gasteiger partial charge >= 0.3 is 5.97 Å². The van der Waals surface area contributed by atoms with E-state index in [4.69, 9.17) is 21.1 Å². The predicted octanol–water partition coefficient (Wildman–Crippen LogP) is 4.05. The second kappa shape index (κ2) is 8.70. The maximum atomic E-state index is 12.0. The minimum Gasteiger partial charge on any atom is -0.480 e. The molecule has 0 aliphatic heterocycles. The summed E-state index contributed by atoms with van der Waals surface area (Å²) in [5, 5.41) is 3.05. The first-order chi connectivity index (χ1) is 11.5. The Balaban J connectivity index is 1.81. The average Bonchev–Trinajstić information content (AvgIpc) is 2.56. The molecule has 0 fully saturated rings. The number of hydrogen-bond acceptors (Lipinski definition) is 4. The van der Waals surface area contributed by atoms with Crippen LogP contribution in [-0.2, 0) is 14.3 Å². The summed E-state index contributed by atoms with van der Waals surface area (Å²) in [6.45, 7) is 1.15. The highest BCUT2D eigenvalue weighted by atomic mass is 79.9. The van der Waals surface area contributed by atoms with Crippen LogP contribution in [-0.4, -0.2) is 24.6 Å². The molecule has 0 heterocycles. The van der Waals surface area contributed by atoms with Crippen molar-refractivity contribution in [2.75, 3.05) is 11.9 Å². The van der Waals surface area contributed by atoms with Gasteiger partial charge in [-0.3, -0.25) is 4.79 Å². The summed E-state index contributed by atoms with van der Waals surface area (Å²) < 4.78 is 11.2. The minimum absolute atomic E-state index is 0.334. The third kappa shape index (κ3) is 5.54. The topological polar surface area (TPSA) is 64.6 Å². The molecule has 1 atom stereocenters. The molecule has 0 aliphatic carbocycles. The van der Waals surface area contributed by atoms with E-state index < -0.39 is 18.0 Å². The third-order valence-corrected chi connectivity index (χ3v) is 3.81. The van der Waals surface area contributed by atoms with Crippen LogP contribution < -0.4 is 10.1 Å². The van der Waals surface area contributed by atoms with E-state index in [0.717, 1.165) is 4.47 Å². The van der Waals surface area contributed by atoms with Gasteiger partial charge in [-0.1, -0.05) is 39.7 Å². The molecule has 0 bridgehead atoms. The SMILES string of the molecule is C[C@H](OC(=O)COc1ccccc1Cl)C(=O)Nc1ccc(Br)cc1. The second-order valence-corrected chi connectivity index (χ2v) is 6.17. The van der Waals surface area contributed by atoms with Crippen LogP contribution in [0.25, 0.3) is 0 Å². The molecule has 126 valence electrons. The maximum Gasteiger partial charge on any atom is 0.344 e. The average molecular weight is 413 g/mol. The minimum atomic E-state index is -0.948. The van der Waals surface area contributed by atoms with Crippen LogP contribution in [0, 0.1) is 0 Å². The molecule has 0 spiro atoms. The Morgan fingerprint density at radius 3 is 2.50 bits per heavy atom. The lowest BCUT2D eigenvalue weighted by Gasteiger charge is -2.14. The van der Waals surface area contributed by atoms with E-state index in [0.29, 0.717) is 16.5 Å². The lowest BCUT2D eigenvalue weighted by molar-refractivity contribution is -0.155. The number of benzene rings is 2. The van der Waals surface area contributed by atoms with E-state index in [-0.39, 0.29) is 6.61 Å². The Morgan fingerprint density at radius 2 is 1.83 bits per heavy atom. The summed E-state index contributed by atoms with van der Waals surface area (Å²) in [7, 11) is 0. The Morgan fingerprint density at radius 1 is 1.17 bits per heavy atom. The Labute approximate surface area is 153 Å². The normalized spacial score (nSPS) is 11.5. The number of amides is 1. The van der Waals surface area contributed by atoms with Gasteiger partial charge in [-0.2, -0.15) is 0 Å². The summed E-state index contributed by atoms with van der Waals surface area (Å²) in [6.07, 6.45) is -0.948. The zero-order valence-electron chi connectivity index (χ0n) is 12.8. The van der Waals surface area contributed by atoms with Gasteiger partial charge in [0.1, 0.15) is 5.75 Å². The molecule has 24 heavy (non-hydrogen) atoms. The smallest absolute Gasteiger partial charge is 0.344 e. The number of ether oxygens (including phenoxy) is 2. The maximum absolute atomic E-state index is 12.0. The standard InChI is InChI=1S/C17H15BrClNO4/c1-11(17(22)20-13-8-6-12(18)7-9-13)24-16(21)10-23-15-5-3-2-4-14(15)19/h2-9,11H,10H2,1H3,(H,20,22)/t11-/m0/s1. The van der Waals surface area contributed by atoms with Crippen LogP contribution >= 0.6 is 27.5 Å². The molecule has 5 nitrogen and oxygen atoms in total. The van der Waals surface area contributed by atoms with Crippen LogP contribution in [0.15, 0.2) is 53.0 Å². The molecular weight excluding hydrogens is 398 g/mol. The lowest BCUT2D eigenvalue weighted by atomic mass is 10.3. The van der Waals surface area contributed by atoms with Gasteiger partial charge in [0.05, 0.1) is 5.02 Å². The fourth-order valence-corrected chi connectivity index (χ4v) is 2.21. The van der Waals surface area contributed by atoms with E-state index in [1.54, 1.807) is 48.5 Å².